The largest absolute Gasteiger partial charge is 0.497 e. The van der Waals surface area contributed by atoms with Crippen molar-refractivity contribution in [3.05, 3.63) is 29.3 Å². The van der Waals surface area contributed by atoms with Gasteiger partial charge in [0.15, 0.2) is 0 Å². The molecule has 2 unspecified atom stereocenters. The molecule has 0 aliphatic heterocycles. The molecule has 2 N–H and O–H groups in total. The van der Waals surface area contributed by atoms with Gasteiger partial charge in [0.1, 0.15) is 5.75 Å². The lowest BCUT2D eigenvalue weighted by atomic mass is 9.86. The number of hydrogen-bond donors (Lipinski definition) is 2. The summed E-state index contributed by atoms with van der Waals surface area (Å²) in [5.41, 5.74) is 2.65. The SMILES string of the molecule is COc1ccc2c(c1)CCCC2NCC(O)C(C)(C)C. The second-order valence-electron chi connectivity index (χ2n) is 6.80. The van der Waals surface area contributed by atoms with Gasteiger partial charge in [0.25, 0.3) is 0 Å². The smallest absolute Gasteiger partial charge is 0.119 e. The molecule has 0 saturated carbocycles. The molecule has 0 spiro atoms. The highest BCUT2D eigenvalue weighted by Gasteiger charge is 2.25. The molecule has 3 nitrogen and oxygen atoms in total. The minimum Gasteiger partial charge on any atom is -0.497 e. The minimum absolute atomic E-state index is 0.0790. The van der Waals surface area contributed by atoms with E-state index in [9.17, 15) is 5.11 Å². The third-order valence-electron chi connectivity index (χ3n) is 4.22. The van der Waals surface area contributed by atoms with Crippen molar-refractivity contribution in [1.82, 2.24) is 5.32 Å². The maximum absolute atomic E-state index is 10.2. The standard InChI is InChI=1S/C17H27NO2/c1-17(2,3)16(19)11-18-15-7-5-6-12-10-13(20-4)8-9-14(12)15/h8-10,15-16,18-19H,5-7,11H2,1-4H3. The third-order valence-corrected chi connectivity index (χ3v) is 4.22. The fourth-order valence-electron chi connectivity index (χ4n) is 2.69. The molecule has 3 heteroatoms. The number of benzene rings is 1. The Balaban J connectivity index is 2.05. The van der Waals surface area contributed by atoms with Crippen molar-refractivity contribution in [2.45, 2.75) is 52.2 Å². The first-order chi connectivity index (χ1) is 9.41. The second kappa shape index (κ2) is 6.15. The summed E-state index contributed by atoms with van der Waals surface area (Å²) in [5, 5.41) is 13.7. The Morgan fingerprint density at radius 1 is 1.40 bits per heavy atom. The Labute approximate surface area is 122 Å². The van der Waals surface area contributed by atoms with E-state index in [1.54, 1.807) is 7.11 Å². The number of rotatable bonds is 4. The molecule has 0 bridgehead atoms. The van der Waals surface area contributed by atoms with Gasteiger partial charge in [0.2, 0.25) is 0 Å². The minimum atomic E-state index is -0.328. The highest BCUT2D eigenvalue weighted by Crippen LogP contribution is 2.32. The average Bonchev–Trinajstić information content (AvgIpc) is 2.42. The van der Waals surface area contributed by atoms with Gasteiger partial charge in [0.05, 0.1) is 13.2 Å². The van der Waals surface area contributed by atoms with Gasteiger partial charge in [-0.15, -0.1) is 0 Å². The normalized spacial score (nSPS) is 20.4. The molecule has 2 atom stereocenters. The van der Waals surface area contributed by atoms with Crippen LogP contribution in [-0.2, 0) is 6.42 Å². The van der Waals surface area contributed by atoms with Crippen LogP contribution in [0.15, 0.2) is 18.2 Å². The predicted octanol–water partition coefficient (Wildman–Crippen LogP) is 3.07. The zero-order valence-electron chi connectivity index (χ0n) is 13.1. The lowest BCUT2D eigenvalue weighted by Gasteiger charge is -2.31. The van der Waals surface area contributed by atoms with E-state index >= 15 is 0 Å². The van der Waals surface area contributed by atoms with E-state index in [0.29, 0.717) is 12.6 Å². The van der Waals surface area contributed by atoms with Crippen molar-refractivity contribution < 1.29 is 9.84 Å². The number of fused-ring (bicyclic) bond motifs is 1. The summed E-state index contributed by atoms with van der Waals surface area (Å²) in [5.74, 6) is 0.930. The predicted molar refractivity (Wildman–Crippen MR) is 82.1 cm³/mol. The molecule has 0 aromatic heterocycles. The van der Waals surface area contributed by atoms with E-state index in [0.717, 1.165) is 18.6 Å². The van der Waals surface area contributed by atoms with Gasteiger partial charge in [0, 0.05) is 12.6 Å². The fourth-order valence-corrected chi connectivity index (χ4v) is 2.69. The Hall–Kier alpha value is -1.06. The number of methoxy groups -OCH3 is 1. The van der Waals surface area contributed by atoms with Gasteiger partial charge in [-0.3, -0.25) is 0 Å². The van der Waals surface area contributed by atoms with Gasteiger partial charge >= 0.3 is 0 Å². The van der Waals surface area contributed by atoms with E-state index in [2.05, 4.69) is 38.2 Å². The summed E-state index contributed by atoms with van der Waals surface area (Å²) in [6.45, 7) is 6.84. The van der Waals surface area contributed by atoms with Crippen LogP contribution < -0.4 is 10.1 Å². The monoisotopic (exact) mass is 277 g/mol. The van der Waals surface area contributed by atoms with Crippen molar-refractivity contribution >= 4 is 0 Å². The van der Waals surface area contributed by atoms with E-state index in [4.69, 9.17) is 4.74 Å². The van der Waals surface area contributed by atoms with Crippen LogP contribution in [0.4, 0.5) is 0 Å². The lowest BCUT2D eigenvalue weighted by Crippen LogP contribution is -2.39. The lowest BCUT2D eigenvalue weighted by molar-refractivity contribution is 0.0598. The zero-order chi connectivity index (χ0) is 14.8. The van der Waals surface area contributed by atoms with Crippen LogP contribution >= 0.6 is 0 Å². The first-order valence-corrected chi connectivity index (χ1v) is 7.50. The van der Waals surface area contributed by atoms with Gasteiger partial charge in [-0.05, 0) is 47.9 Å². The summed E-state index contributed by atoms with van der Waals surface area (Å²) in [6.07, 6.45) is 3.11. The van der Waals surface area contributed by atoms with Crippen LogP contribution in [0.1, 0.15) is 50.8 Å². The number of nitrogens with one attached hydrogen (secondary N) is 1. The van der Waals surface area contributed by atoms with Crippen LogP contribution in [0, 0.1) is 5.41 Å². The van der Waals surface area contributed by atoms with Gasteiger partial charge < -0.3 is 15.2 Å². The van der Waals surface area contributed by atoms with Crippen LogP contribution in [0.5, 0.6) is 5.75 Å². The summed E-state index contributed by atoms with van der Waals surface area (Å²) >= 11 is 0. The molecular weight excluding hydrogens is 250 g/mol. The molecule has 2 rings (SSSR count). The fraction of sp³-hybridized carbons (Fsp3) is 0.647. The summed E-state index contributed by atoms with van der Waals surface area (Å²) < 4.78 is 5.30. The Kier molecular flexibility index (Phi) is 4.71. The summed E-state index contributed by atoms with van der Waals surface area (Å²) in [6, 6.07) is 6.68. The van der Waals surface area contributed by atoms with Crippen molar-refractivity contribution in [3.8, 4) is 5.75 Å². The molecule has 0 fully saturated rings. The molecule has 1 aromatic rings. The van der Waals surface area contributed by atoms with Crippen LogP contribution in [0.2, 0.25) is 0 Å². The molecule has 0 heterocycles. The molecule has 1 aromatic carbocycles. The number of aryl methyl sites for hydroxylation is 1. The highest BCUT2D eigenvalue weighted by molar-refractivity contribution is 5.39. The van der Waals surface area contributed by atoms with E-state index in [1.807, 2.05) is 6.07 Å². The van der Waals surface area contributed by atoms with Gasteiger partial charge in [-0.25, -0.2) is 0 Å². The van der Waals surface area contributed by atoms with Gasteiger partial charge in [-0.2, -0.15) is 0 Å². The summed E-state index contributed by atoms with van der Waals surface area (Å²) in [7, 11) is 1.71. The summed E-state index contributed by atoms with van der Waals surface area (Å²) in [4.78, 5) is 0. The van der Waals surface area contributed by atoms with Crippen LogP contribution in [0.25, 0.3) is 0 Å². The first-order valence-electron chi connectivity index (χ1n) is 7.50. The topological polar surface area (TPSA) is 41.5 Å². The highest BCUT2D eigenvalue weighted by atomic mass is 16.5. The molecule has 0 radical (unpaired) electrons. The van der Waals surface area contributed by atoms with Crippen molar-refractivity contribution in [2.24, 2.45) is 5.41 Å². The zero-order valence-corrected chi connectivity index (χ0v) is 13.1. The van der Waals surface area contributed by atoms with Crippen LogP contribution in [-0.4, -0.2) is 24.9 Å². The third kappa shape index (κ3) is 3.53. The first kappa shape index (κ1) is 15.3. The van der Waals surface area contributed by atoms with E-state index in [-0.39, 0.29) is 11.5 Å². The van der Waals surface area contributed by atoms with Crippen molar-refractivity contribution in [1.29, 1.82) is 0 Å². The van der Waals surface area contributed by atoms with Crippen molar-refractivity contribution in [2.75, 3.05) is 13.7 Å². The maximum atomic E-state index is 10.2. The Morgan fingerprint density at radius 2 is 2.15 bits per heavy atom. The van der Waals surface area contributed by atoms with E-state index in [1.165, 1.54) is 17.5 Å². The average molecular weight is 277 g/mol. The molecule has 112 valence electrons. The van der Waals surface area contributed by atoms with Crippen molar-refractivity contribution in [3.63, 3.8) is 0 Å². The second-order valence-corrected chi connectivity index (χ2v) is 6.80. The van der Waals surface area contributed by atoms with Gasteiger partial charge in [-0.1, -0.05) is 26.8 Å². The Bertz CT molecular complexity index is 451. The van der Waals surface area contributed by atoms with E-state index < -0.39 is 0 Å². The number of ether oxygens (including phenoxy) is 1. The number of aliphatic hydroxyl groups is 1. The Morgan fingerprint density at radius 3 is 2.80 bits per heavy atom. The quantitative estimate of drug-likeness (QED) is 0.888. The molecule has 0 saturated heterocycles. The molecule has 1 aliphatic rings. The number of hydrogen-bond acceptors (Lipinski definition) is 3. The molecule has 1 aliphatic carbocycles. The number of aliphatic hydroxyl groups excluding tert-OH is 1. The molecular formula is C17H27NO2. The van der Waals surface area contributed by atoms with Crippen LogP contribution in [0.3, 0.4) is 0 Å². The molecule has 20 heavy (non-hydrogen) atoms. The maximum Gasteiger partial charge on any atom is 0.119 e. The molecule has 0 amide bonds.